The van der Waals surface area contributed by atoms with Crippen LogP contribution in [0.2, 0.25) is 0 Å². The minimum absolute atomic E-state index is 0.182. The zero-order valence-electron chi connectivity index (χ0n) is 15.5. The van der Waals surface area contributed by atoms with Crippen molar-refractivity contribution in [3.8, 4) is 0 Å². The predicted octanol–water partition coefficient (Wildman–Crippen LogP) is 4.17. The van der Waals surface area contributed by atoms with Gasteiger partial charge in [0.15, 0.2) is 0 Å². The van der Waals surface area contributed by atoms with Crippen molar-refractivity contribution < 1.29 is 18.4 Å². The lowest BCUT2D eigenvalue weighted by Crippen LogP contribution is -2.56. The van der Waals surface area contributed by atoms with Crippen molar-refractivity contribution >= 4 is 11.8 Å². The number of hydrazine groups is 1. The van der Waals surface area contributed by atoms with Gasteiger partial charge in [-0.2, -0.15) is 0 Å². The van der Waals surface area contributed by atoms with Crippen LogP contribution in [0.1, 0.15) is 52.6 Å². The molecule has 26 heavy (non-hydrogen) atoms. The summed E-state index contributed by atoms with van der Waals surface area (Å²) in [6, 6.07) is 7.86. The topological polar surface area (TPSA) is 49.4 Å². The second-order valence-corrected chi connectivity index (χ2v) is 7.16. The van der Waals surface area contributed by atoms with Crippen molar-refractivity contribution in [2.45, 2.75) is 40.2 Å². The zero-order chi connectivity index (χ0) is 19.6. The summed E-state index contributed by atoms with van der Waals surface area (Å²) in [5.41, 5.74) is 3.75. The number of hydrogen-bond acceptors (Lipinski definition) is 2. The molecule has 2 aromatic carbocycles. The third kappa shape index (κ3) is 4.25. The molecule has 6 heteroatoms. The highest BCUT2D eigenvalue weighted by Crippen LogP contribution is 2.19. The van der Waals surface area contributed by atoms with Gasteiger partial charge in [-0.25, -0.2) is 13.8 Å². The van der Waals surface area contributed by atoms with Gasteiger partial charge in [0.25, 0.3) is 11.8 Å². The fourth-order valence-electron chi connectivity index (χ4n) is 2.49. The number of hydrogen-bond donors (Lipinski definition) is 1. The minimum atomic E-state index is -0.858. The number of halogens is 2. The standard InChI is InChI=1S/C20H22F2N2O2/c1-12-7-6-8-17(13(12)2)18(25)23-24(20(3,4)5)19(26)14-9-15(21)11-16(22)10-14/h6-11H,1-5H3,(H,23,25). The summed E-state index contributed by atoms with van der Waals surface area (Å²) in [4.78, 5) is 25.5. The Balaban J connectivity index is 2.38. The molecule has 0 aliphatic rings. The molecule has 0 atom stereocenters. The summed E-state index contributed by atoms with van der Waals surface area (Å²) < 4.78 is 27.0. The largest absolute Gasteiger partial charge is 0.272 e. The molecule has 2 rings (SSSR count). The van der Waals surface area contributed by atoms with Crippen LogP contribution in [-0.2, 0) is 0 Å². The third-order valence-corrected chi connectivity index (χ3v) is 4.05. The quantitative estimate of drug-likeness (QED) is 0.818. The van der Waals surface area contributed by atoms with E-state index in [4.69, 9.17) is 0 Å². The molecule has 0 radical (unpaired) electrons. The summed E-state index contributed by atoms with van der Waals surface area (Å²) in [5.74, 6) is -2.88. The van der Waals surface area contributed by atoms with E-state index in [-0.39, 0.29) is 5.56 Å². The summed E-state index contributed by atoms with van der Waals surface area (Å²) in [6.07, 6.45) is 0. The number of benzene rings is 2. The van der Waals surface area contributed by atoms with Gasteiger partial charge in [-0.1, -0.05) is 12.1 Å². The molecule has 0 heterocycles. The Morgan fingerprint density at radius 1 is 1.00 bits per heavy atom. The van der Waals surface area contributed by atoms with E-state index in [9.17, 15) is 18.4 Å². The van der Waals surface area contributed by atoms with Gasteiger partial charge < -0.3 is 0 Å². The first-order chi connectivity index (χ1) is 12.0. The number of rotatable bonds is 2. The molecule has 0 unspecified atom stereocenters. The highest BCUT2D eigenvalue weighted by molar-refractivity contribution is 6.00. The van der Waals surface area contributed by atoms with E-state index in [1.807, 2.05) is 19.9 Å². The van der Waals surface area contributed by atoms with Gasteiger partial charge in [0, 0.05) is 17.2 Å². The lowest BCUT2D eigenvalue weighted by molar-refractivity contribution is 0.0357. The van der Waals surface area contributed by atoms with E-state index in [2.05, 4.69) is 5.43 Å². The Morgan fingerprint density at radius 2 is 1.58 bits per heavy atom. The average Bonchev–Trinajstić information content (AvgIpc) is 2.52. The first-order valence-corrected chi connectivity index (χ1v) is 8.18. The second kappa shape index (κ2) is 7.23. The molecule has 138 valence electrons. The van der Waals surface area contributed by atoms with Gasteiger partial charge in [-0.05, 0) is 63.9 Å². The second-order valence-electron chi connectivity index (χ2n) is 7.16. The van der Waals surface area contributed by atoms with Gasteiger partial charge in [0.2, 0.25) is 0 Å². The molecule has 0 saturated carbocycles. The van der Waals surface area contributed by atoms with Crippen molar-refractivity contribution in [3.63, 3.8) is 0 Å². The SMILES string of the molecule is Cc1cccc(C(=O)NN(C(=O)c2cc(F)cc(F)c2)C(C)(C)C)c1C. The van der Waals surface area contributed by atoms with Crippen molar-refractivity contribution in [1.82, 2.24) is 10.4 Å². The molecule has 2 aromatic rings. The number of aryl methyl sites for hydroxylation is 1. The third-order valence-electron chi connectivity index (χ3n) is 4.05. The number of nitrogens with one attached hydrogen (secondary N) is 1. The van der Waals surface area contributed by atoms with E-state index in [1.165, 1.54) is 0 Å². The first kappa shape index (κ1) is 19.6. The Morgan fingerprint density at radius 3 is 2.12 bits per heavy atom. The fourth-order valence-corrected chi connectivity index (χ4v) is 2.49. The van der Waals surface area contributed by atoms with Gasteiger partial charge in [-0.15, -0.1) is 0 Å². The van der Waals surface area contributed by atoms with E-state index < -0.39 is 29.0 Å². The molecule has 2 amide bonds. The van der Waals surface area contributed by atoms with Gasteiger partial charge in [-0.3, -0.25) is 15.0 Å². The molecule has 0 aliphatic heterocycles. The highest BCUT2D eigenvalue weighted by atomic mass is 19.1. The van der Waals surface area contributed by atoms with Crippen molar-refractivity contribution in [2.75, 3.05) is 0 Å². The molecule has 0 fully saturated rings. The maximum Gasteiger partial charge on any atom is 0.272 e. The average molecular weight is 360 g/mol. The fraction of sp³-hybridized carbons (Fsp3) is 0.300. The Hall–Kier alpha value is -2.76. The Bertz CT molecular complexity index is 837. The van der Waals surface area contributed by atoms with Crippen LogP contribution in [0.5, 0.6) is 0 Å². The summed E-state index contributed by atoms with van der Waals surface area (Å²) in [5, 5.41) is 1.09. The highest BCUT2D eigenvalue weighted by Gasteiger charge is 2.30. The molecule has 0 bridgehead atoms. The molecule has 0 spiro atoms. The molecule has 0 aliphatic carbocycles. The molecule has 0 saturated heterocycles. The van der Waals surface area contributed by atoms with Gasteiger partial charge in [0.05, 0.1) is 5.54 Å². The first-order valence-electron chi connectivity index (χ1n) is 8.18. The normalized spacial score (nSPS) is 11.2. The molecular weight excluding hydrogens is 338 g/mol. The van der Waals surface area contributed by atoms with Crippen LogP contribution < -0.4 is 5.43 Å². The Labute approximate surface area is 151 Å². The smallest absolute Gasteiger partial charge is 0.267 e. The number of carbonyl (C=O) groups is 2. The maximum atomic E-state index is 13.5. The molecule has 0 aromatic heterocycles. The van der Waals surface area contributed by atoms with Crippen LogP contribution in [0.15, 0.2) is 36.4 Å². The number of amides is 2. The van der Waals surface area contributed by atoms with Crippen LogP contribution in [0, 0.1) is 25.5 Å². The minimum Gasteiger partial charge on any atom is -0.267 e. The van der Waals surface area contributed by atoms with Crippen LogP contribution in [0.25, 0.3) is 0 Å². The molecule has 4 nitrogen and oxygen atoms in total. The molecule has 1 N–H and O–H groups in total. The lowest BCUT2D eigenvalue weighted by Gasteiger charge is -2.35. The van der Waals surface area contributed by atoms with Crippen LogP contribution in [0.4, 0.5) is 8.78 Å². The van der Waals surface area contributed by atoms with Gasteiger partial charge in [0.1, 0.15) is 11.6 Å². The number of nitrogens with zero attached hydrogens (tertiary/aromatic N) is 1. The summed E-state index contributed by atoms with van der Waals surface area (Å²) in [6.45, 7) is 8.83. The van der Waals surface area contributed by atoms with Crippen LogP contribution in [-0.4, -0.2) is 22.4 Å². The predicted molar refractivity (Wildman–Crippen MR) is 95.7 cm³/mol. The summed E-state index contributed by atoms with van der Waals surface area (Å²) in [7, 11) is 0. The van der Waals surface area contributed by atoms with Crippen molar-refractivity contribution in [3.05, 3.63) is 70.3 Å². The molecular formula is C20H22F2N2O2. The Kier molecular flexibility index (Phi) is 5.44. The van der Waals surface area contributed by atoms with Crippen LogP contribution in [0.3, 0.4) is 0 Å². The van der Waals surface area contributed by atoms with E-state index in [1.54, 1.807) is 32.9 Å². The lowest BCUT2D eigenvalue weighted by atomic mass is 10.0. The van der Waals surface area contributed by atoms with E-state index in [0.29, 0.717) is 11.6 Å². The van der Waals surface area contributed by atoms with Crippen LogP contribution >= 0.6 is 0 Å². The van der Waals surface area contributed by atoms with E-state index >= 15 is 0 Å². The zero-order valence-corrected chi connectivity index (χ0v) is 15.5. The van der Waals surface area contributed by atoms with Crippen molar-refractivity contribution in [1.29, 1.82) is 0 Å². The monoisotopic (exact) mass is 360 g/mol. The van der Waals surface area contributed by atoms with E-state index in [0.717, 1.165) is 28.3 Å². The maximum absolute atomic E-state index is 13.5. The number of carbonyl (C=O) groups excluding carboxylic acids is 2. The van der Waals surface area contributed by atoms with Gasteiger partial charge >= 0.3 is 0 Å². The van der Waals surface area contributed by atoms with Crippen molar-refractivity contribution in [2.24, 2.45) is 0 Å². The summed E-state index contributed by atoms with van der Waals surface area (Å²) >= 11 is 0.